The Kier molecular flexibility index (Phi) is 4.76. The molecule has 0 fully saturated rings. The van der Waals surface area contributed by atoms with Crippen molar-refractivity contribution in [3.8, 4) is 5.75 Å². The summed E-state index contributed by atoms with van der Waals surface area (Å²) in [6.45, 7) is 4.68. The molecule has 106 valence electrons. The highest BCUT2D eigenvalue weighted by atomic mass is 16.5. The number of anilines is 3. The van der Waals surface area contributed by atoms with Gasteiger partial charge in [-0.3, -0.25) is 0 Å². The van der Waals surface area contributed by atoms with Gasteiger partial charge in [0, 0.05) is 5.56 Å². The number of rotatable bonds is 6. The quantitative estimate of drug-likeness (QED) is 0.845. The molecule has 0 spiro atoms. The van der Waals surface area contributed by atoms with Crippen molar-refractivity contribution >= 4 is 17.3 Å². The van der Waals surface area contributed by atoms with Crippen LogP contribution in [0, 0.1) is 0 Å². The minimum Gasteiger partial charge on any atom is -0.492 e. The number of benzene rings is 1. The topological polar surface area (TPSA) is 73.1 Å². The fourth-order valence-corrected chi connectivity index (χ4v) is 2.01. The van der Waals surface area contributed by atoms with Gasteiger partial charge in [-0.2, -0.15) is 0 Å². The highest BCUT2D eigenvalue weighted by Crippen LogP contribution is 2.29. The fraction of sp³-hybridized carbons (Fsp3) is 0.333. The number of hydrogen-bond acceptors (Lipinski definition) is 5. The van der Waals surface area contributed by atoms with Crippen LogP contribution in [-0.4, -0.2) is 16.6 Å². The van der Waals surface area contributed by atoms with Gasteiger partial charge in [0.25, 0.3) is 0 Å². The third-order valence-corrected chi connectivity index (χ3v) is 2.92. The molecule has 2 rings (SSSR count). The van der Waals surface area contributed by atoms with E-state index < -0.39 is 0 Å². The first-order valence-electron chi connectivity index (χ1n) is 6.84. The Morgan fingerprint density at radius 2 is 2.00 bits per heavy atom. The number of ether oxygens (including phenoxy) is 1. The van der Waals surface area contributed by atoms with Crippen molar-refractivity contribution in [2.45, 2.75) is 26.7 Å². The largest absolute Gasteiger partial charge is 0.492 e. The van der Waals surface area contributed by atoms with Crippen LogP contribution in [-0.2, 0) is 6.42 Å². The third kappa shape index (κ3) is 3.17. The van der Waals surface area contributed by atoms with Gasteiger partial charge in [-0.25, -0.2) is 9.97 Å². The Balaban J connectivity index is 2.32. The van der Waals surface area contributed by atoms with Crippen LogP contribution in [0.4, 0.5) is 17.3 Å². The molecule has 5 nitrogen and oxygen atoms in total. The van der Waals surface area contributed by atoms with Crippen LogP contribution < -0.4 is 15.8 Å². The number of nitrogens with two attached hydrogens (primary N) is 1. The van der Waals surface area contributed by atoms with Crippen LogP contribution in [0.15, 0.2) is 30.6 Å². The lowest BCUT2D eigenvalue weighted by Crippen LogP contribution is -2.06. The van der Waals surface area contributed by atoms with Gasteiger partial charge in [-0.15, -0.1) is 0 Å². The average Bonchev–Trinajstić information content (AvgIpc) is 2.45. The summed E-state index contributed by atoms with van der Waals surface area (Å²) >= 11 is 0. The summed E-state index contributed by atoms with van der Waals surface area (Å²) in [5.41, 5.74) is 7.76. The summed E-state index contributed by atoms with van der Waals surface area (Å²) in [5, 5.41) is 3.30. The van der Waals surface area contributed by atoms with Gasteiger partial charge in [0.05, 0.1) is 12.3 Å². The molecular weight excluding hydrogens is 252 g/mol. The second-order valence-electron chi connectivity index (χ2n) is 4.39. The molecule has 0 aliphatic carbocycles. The Hall–Kier alpha value is -2.30. The molecule has 0 saturated heterocycles. The molecule has 0 saturated carbocycles. The molecule has 0 bridgehead atoms. The normalized spacial score (nSPS) is 10.3. The summed E-state index contributed by atoms with van der Waals surface area (Å²) in [5.74, 6) is 2.07. The van der Waals surface area contributed by atoms with Crippen molar-refractivity contribution in [1.29, 1.82) is 0 Å². The van der Waals surface area contributed by atoms with E-state index >= 15 is 0 Å². The number of nitrogen functional groups attached to an aromatic ring is 1. The van der Waals surface area contributed by atoms with E-state index in [1.165, 1.54) is 6.33 Å². The van der Waals surface area contributed by atoms with E-state index in [9.17, 15) is 0 Å². The van der Waals surface area contributed by atoms with Crippen molar-refractivity contribution < 1.29 is 4.74 Å². The molecule has 3 N–H and O–H groups in total. The summed E-state index contributed by atoms with van der Waals surface area (Å²) in [7, 11) is 0. The van der Waals surface area contributed by atoms with Gasteiger partial charge >= 0.3 is 0 Å². The summed E-state index contributed by atoms with van der Waals surface area (Å²) in [4.78, 5) is 8.35. The van der Waals surface area contributed by atoms with Gasteiger partial charge in [0.15, 0.2) is 0 Å². The van der Waals surface area contributed by atoms with Crippen LogP contribution in [0.1, 0.15) is 25.8 Å². The zero-order chi connectivity index (χ0) is 14.4. The predicted octanol–water partition coefficient (Wildman–Crippen LogP) is 3.15. The molecular formula is C15H20N4O. The molecule has 20 heavy (non-hydrogen) atoms. The molecule has 0 radical (unpaired) electrons. The number of aromatic nitrogens is 2. The number of para-hydroxylation sites is 2. The predicted molar refractivity (Wildman–Crippen MR) is 81.3 cm³/mol. The standard InChI is InChI=1S/C15H20N4O/c1-3-7-11-14(16)17-10-18-15(11)19-12-8-5-6-9-13(12)20-4-2/h5-6,8-10H,3-4,7H2,1-2H3,(H3,16,17,18,19). The maximum Gasteiger partial charge on any atom is 0.142 e. The van der Waals surface area contributed by atoms with Crippen LogP contribution in [0.2, 0.25) is 0 Å². The lowest BCUT2D eigenvalue weighted by atomic mass is 10.1. The second kappa shape index (κ2) is 6.75. The van der Waals surface area contributed by atoms with E-state index in [1.807, 2.05) is 31.2 Å². The number of nitrogens with one attached hydrogen (secondary N) is 1. The number of nitrogens with zero attached hydrogens (tertiary/aromatic N) is 2. The lowest BCUT2D eigenvalue weighted by Gasteiger charge is -2.14. The van der Waals surface area contributed by atoms with E-state index in [-0.39, 0.29) is 0 Å². The Labute approximate surface area is 119 Å². The highest BCUT2D eigenvalue weighted by Gasteiger charge is 2.10. The Morgan fingerprint density at radius 3 is 2.75 bits per heavy atom. The SMILES string of the molecule is CCCc1c(N)ncnc1Nc1ccccc1OCC. The molecule has 0 amide bonds. The van der Waals surface area contributed by atoms with Crippen molar-refractivity contribution in [2.75, 3.05) is 17.7 Å². The maximum absolute atomic E-state index is 5.94. The molecule has 0 atom stereocenters. The van der Waals surface area contributed by atoms with E-state index in [4.69, 9.17) is 10.5 Å². The van der Waals surface area contributed by atoms with Crippen molar-refractivity contribution in [1.82, 2.24) is 9.97 Å². The van der Waals surface area contributed by atoms with Gasteiger partial charge in [0.2, 0.25) is 0 Å². The average molecular weight is 272 g/mol. The first-order chi connectivity index (χ1) is 9.76. The van der Waals surface area contributed by atoms with Gasteiger partial charge in [-0.1, -0.05) is 25.5 Å². The zero-order valence-corrected chi connectivity index (χ0v) is 11.9. The molecule has 1 aromatic heterocycles. The summed E-state index contributed by atoms with van der Waals surface area (Å²) in [6.07, 6.45) is 3.30. The third-order valence-electron chi connectivity index (χ3n) is 2.92. The Bertz CT molecular complexity index is 572. The minimum atomic E-state index is 0.526. The van der Waals surface area contributed by atoms with Gasteiger partial charge in [0.1, 0.15) is 23.7 Å². The lowest BCUT2D eigenvalue weighted by molar-refractivity contribution is 0.342. The molecule has 1 heterocycles. The first kappa shape index (κ1) is 14.1. The van der Waals surface area contributed by atoms with Crippen LogP contribution in [0.25, 0.3) is 0 Å². The molecule has 0 unspecified atom stereocenters. The molecule has 5 heteroatoms. The minimum absolute atomic E-state index is 0.526. The first-order valence-corrected chi connectivity index (χ1v) is 6.84. The second-order valence-corrected chi connectivity index (χ2v) is 4.39. The van der Waals surface area contributed by atoms with Crippen LogP contribution in [0.3, 0.4) is 0 Å². The Morgan fingerprint density at radius 1 is 1.20 bits per heavy atom. The molecule has 2 aromatic rings. The highest BCUT2D eigenvalue weighted by molar-refractivity contribution is 5.68. The molecule has 0 aliphatic heterocycles. The van der Waals surface area contributed by atoms with E-state index in [1.54, 1.807) is 0 Å². The molecule has 1 aromatic carbocycles. The maximum atomic E-state index is 5.94. The zero-order valence-electron chi connectivity index (χ0n) is 11.9. The van der Waals surface area contributed by atoms with Crippen molar-refractivity contribution in [2.24, 2.45) is 0 Å². The van der Waals surface area contributed by atoms with E-state index in [0.29, 0.717) is 12.4 Å². The smallest absolute Gasteiger partial charge is 0.142 e. The van der Waals surface area contributed by atoms with Gasteiger partial charge < -0.3 is 15.8 Å². The van der Waals surface area contributed by atoms with E-state index in [2.05, 4.69) is 22.2 Å². The summed E-state index contributed by atoms with van der Waals surface area (Å²) in [6, 6.07) is 7.78. The summed E-state index contributed by atoms with van der Waals surface area (Å²) < 4.78 is 5.60. The van der Waals surface area contributed by atoms with Crippen LogP contribution in [0.5, 0.6) is 5.75 Å². The molecule has 0 aliphatic rings. The van der Waals surface area contributed by atoms with E-state index in [0.717, 1.165) is 35.7 Å². The van der Waals surface area contributed by atoms with Crippen molar-refractivity contribution in [3.63, 3.8) is 0 Å². The van der Waals surface area contributed by atoms with Crippen molar-refractivity contribution in [3.05, 3.63) is 36.2 Å². The fourth-order valence-electron chi connectivity index (χ4n) is 2.01. The van der Waals surface area contributed by atoms with Crippen LogP contribution >= 0.6 is 0 Å². The van der Waals surface area contributed by atoms with Gasteiger partial charge in [-0.05, 0) is 25.5 Å². The monoisotopic (exact) mass is 272 g/mol. The number of hydrogen-bond donors (Lipinski definition) is 2.